The van der Waals surface area contributed by atoms with Crippen molar-refractivity contribution in [3.05, 3.63) is 119 Å². The van der Waals surface area contributed by atoms with Crippen LogP contribution in [0.3, 0.4) is 0 Å². The van der Waals surface area contributed by atoms with E-state index in [-0.39, 0.29) is 18.6 Å². The molecule has 0 fully saturated rings. The number of halogens is 1. The van der Waals surface area contributed by atoms with E-state index in [4.69, 9.17) is 26.1 Å². The maximum Gasteiger partial charge on any atom is 0.311 e. The largest absolute Gasteiger partial charge is 0.487 e. The Bertz CT molecular complexity index is 1690. The second kappa shape index (κ2) is 18.9. The molecule has 2 amide bonds. The van der Waals surface area contributed by atoms with E-state index in [2.05, 4.69) is 23.8 Å². The minimum Gasteiger partial charge on any atom is -0.487 e. The number of aromatic nitrogens is 1. The third-order valence-electron chi connectivity index (χ3n) is 6.90. The van der Waals surface area contributed by atoms with Crippen LogP contribution in [-0.2, 0) is 25.7 Å². The van der Waals surface area contributed by atoms with Crippen LogP contribution < -0.4 is 15.4 Å². The average Bonchev–Trinajstić information content (AvgIpc) is 3.07. The number of carbonyl (C=O) groups is 3. The van der Waals surface area contributed by atoms with Crippen molar-refractivity contribution in [3.8, 4) is 5.75 Å². The predicted molar refractivity (Wildman–Crippen MR) is 192 cm³/mol. The Kier molecular flexibility index (Phi) is 15.4. The van der Waals surface area contributed by atoms with Crippen LogP contribution in [0.1, 0.15) is 52.3 Å². The first-order chi connectivity index (χ1) is 22.5. The molecule has 3 rings (SSSR count). The summed E-state index contributed by atoms with van der Waals surface area (Å²) in [7, 11) is 1.33. The van der Waals surface area contributed by atoms with Crippen molar-refractivity contribution >= 4 is 52.1 Å². The van der Waals surface area contributed by atoms with E-state index in [1.807, 2.05) is 62.4 Å². The molecule has 8 nitrogen and oxygen atoms in total. The molecule has 47 heavy (non-hydrogen) atoms. The molecule has 2 N–H and O–H groups in total. The van der Waals surface area contributed by atoms with Gasteiger partial charge >= 0.3 is 5.97 Å². The molecule has 3 aromatic rings. The molecule has 9 heteroatoms. The molecular formula is C38H44ClN3O5. The van der Waals surface area contributed by atoms with Crippen molar-refractivity contribution in [1.29, 1.82) is 0 Å². The summed E-state index contributed by atoms with van der Waals surface area (Å²) in [6, 6.07) is 17.2. The van der Waals surface area contributed by atoms with Gasteiger partial charge in [-0.15, -0.1) is 0 Å². The molecule has 0 saturated carbocycles. The third-order valence-corrected chi connectivity index (χ3v) is 7.02. The first kappa shape index (κ1) is 38.2. The Morgan fingerprint density at radius 3 is 2.43 bits per heavy atom. The number of rotatable bonds is 15. The zero-order valence-corrected chi connectivity index (χ0v) is 28.7. The van der Waals surface area contributed by atoms with Crippen LogP contribution >= 0.6 is 11.6 Å². The molecule has 0 aliphatic rings. The van der Waals surface area contributed by atoms with Crippen LogP contribution in [-0.4, -0.2) is 36.9 Å². The van der Waals surface area contributed by atoms with Gasteiger partial charge in [-0.3, -0.25) is 19.7 Å². The molecule has 0 unspecified atom stereocenters. The fourth-order valence-corrected chi connectivity index (χ4v) is 4.50. The number of imide groups is 1. The fraction of sp³-hybridized carbons (Fsp3) is 0.263. The van der Waals surface area contributed by atoms with Gasteiger partial charge in [0.1, 0.15) is 12.4 Å². The van der Waals surface area contributed by atoms with Crippen LogP contribution in [0.15, 0.2) is 108 Å². The zero-order valence-electron chi connectivity index (χ0n) is 28.0. The van der Waals surface area contributed by atoms with Crippen LogP contribution in [0.5, 0.6) is 5.75 Å². The molecule has 0 aliphatic heterocycles. The Labute approximate surface area is 282 Å². The number of nitrogens with one attached hydrogen (secondary N) is 2. The number of pyridine rings is 1. The van der Waals surface area contributed by atoms with Crippen molar-refractivity contribution in [2.75, 3.05) is 19.0 Å². The number of fused-ring (bicyclic) bond motifs is 1. The van der Waals surface area contributed by atoms with Gasteiger partial charge in [-0.05, 0) is 74.7 Å². The van der Waals surface area contributed by atoms with E-state index in [1.54, 1.807) is 51.1 Å². The Morgan fingerprint density at radius 1 is 1.04 bits per heavy atom. The standard InChI is InChI=1S/C36H38ClN3O5.C2H6/c1-7-29(34(42)39-23-41)30(18-19-36(4,5)35(43)44-6)31-20-28(16-17-33(31)38-21-24(2)12-13-25(3)37)45-22-27-15-14-26-10-8-9-11-32(26)40-27;1-2/h7-18,20,23,38H,2-3,19,21-22H2,1,4-6H3,(H,39,41,42);1-2H3/b13-12-,29-7-,30-18+;. The summed E-state index contributed by atoms with van der Waals surface area (Å²) in [4.78, 5) is 41.5. The Hall–Kier alpha value is -4.95. The van der Waals surface area contributed by atoms with Crippen LogP contribution in [0.25, 0.3) is 16.5 Å². The SMILES string of the molecule is C=C(Cl)/C=C\C(=C)CNc1ccc(OCc2ccc3ccccc3n2)cc1C(=C/CC(C)(C)C(=O)OC)/C(=C/C)C(=O)NC=O.CC. The molecule has 0 atom stereocenters. The summed E-state index contributed by atoms with van der Waals surface area (Å²) in [5, 5.41) is 7.00. The lowest BCUT2D eigenvalue weighted by Gasteiger charge is -2.22. The van der Waals surface area contributed by atoms with Crippen molar-refractivity contribution in [3.63, 3.8) is 0 Å². The molecule has 248 valence electrons. The fourth-order valence-electron chi connectivity index (χ4n) is 4.43. The highest BCUT2D eigenvalue weighted by Crippen LogP contribution is 2.36. The molecule has 0 saturated heterocycles. The highest BCUT2D eigenvalue weighted by atomic mass is 35.5. The lowest BCUT2D eigenvalue weighted by atomic mass is 9.85. The minimum absolute atomic E-state index is 0.206. The predicted octanol–water partition coefficient (Wildman–Crippen LogP) is 8.31. The zero-order chi connectivity index (χ0) is 35.0. The molecular weight excluding hydrogens is 614 g/mol. The van der Waals surface area contributed by atoms with Gasteiger partial charge in [0.2, 0.25) is 6.41 Å². The van der Waals surface area contributed by atoms with Gasteiger partial charge in [-0.2, -0.15) is 0 Å². The van der Waals surface area contributed by atoms with E-state index < -0.39 is 17.3 Å². The van der Waals surface area contributed by atoms with E-state index in [1.165, 1.54) is 7.11 Å². The van der Waals surface area contributed by atoms with Gasteiger partial charge in [-0.25, -0.2) is 4.98 Å². The number of nitrogens with zero attached hydrogens (tertiary/aromatic N) is 1. The summed E-state index contributed by atoms with van der Waals surface area (Å²) >= 11 is 5.87. The van der Waals surface area contributed by atoms with Gasteiger partial charge in [0, 0.05) is 33.8 Å². The molecule has 0 bridgehead atoms. The highest BCUT2D eigenvalue weighted by molar-refractivity contribution is 6.30. The first-order valence-electron chi connectivity index (χ1n) is 15.2. The van der Waals surface area contributed by atoms with Crippen LogP contribution in [0, 0.1) is 5.41 Å². The number of methoxy groups -OCH3 is 1. The smallest absolute Gasteiger partial charge is 0.311 e. The number of hydrogen-bond acceptors (Lipinski definition) is 7. The molecule has 0 aliphatic carbocycles. The van der Waals surface area contributed by atoms with E-state index in [0.29, 0.717) is 40.6 Å². The molecule has 1 aromatic heterocycles. The van der Waals surface area contributed by atoms with Crippen molar-refractivity contribution in [2.45, 2.75) is 47.6 Å². The summed E-state index contributed by atoms with van der Waals surface area (Å²) in [5.74, 6) is -0.480. The lowest BCUT2D eigenvalue weighted by molar-refractivity contribution is -0.150. The van der Waals surface area contributed by atoms with E-state index >= 15 is 0 Å². The van der Waals surface area contributed by atoms with Crippen molar-refractivity contribution in [1.82, 2.24) is 10.3 Å². The molecule has 2 aromatic carbocycles. The molecule has 0 spiro atoms. The highest BCUT2D eigenvalue weighted by Gasteiger charge is 2.29. The van der Waals surface area contributed by atoms with Gasteiger partial charge in [0.25, 0.3) is 5.91 Å². The van der Waals surface area contributed by atoms with E-state index in [9.17, 15) is 14.4 Å². The number of allylic oxidation sites excluding steroid dienone is 4. The normalized spacial score (nSPS) is 11.7. The minimum atomic E-state index is -0.896. The number of hydrogen-bond donors (Lipinski definition) is 2. The number of para-hydroxylation sites is 1. The van der Waals surface area contributed by atoms with Crippen LogP contribution in [0.2, 0.25) is 0 Å². The number of anilines is 1. The van der Waals surface area contributed by atoms with Crippen LogP contribution in [0.4, 0.5) is 5.69 Å². The number of benzene rings is 2. The van der Waals surface area contributed by atoms with Gasteiger partial charge < -0.3 is 14.8 Å². The summed E-state index contributed by atoms with van der Waals surface area (Å²) in [6.07, 6.45) is 7.36. The monoisotopic (exact) mass is 657 g/mol. The summed E-state index contributed by atoms with van der Waals surface area (Å²) in [5.41, 5.74) is 3.43. The molecule has 0 radical (unpaired) electrons. The maximum absolute atomic E-state index is 13.1. The van der Waals surface area contributed by atoms with E-state index in [0.717, 1.165) is 22.2 Å². The summed E-state index contributed by atoms with van der Waals surface area (Å²) < 4.78 is 11.2. The van der Waals surface area contributed by atoms with Gasteiger partial charge in [-0.1, -0.05) is 81.1 Å². The topological polar surface area (TPSA) is 107 Å². The Balaban J connectivity index is 0.00000376. The second-order valence-electron chi connectivity index (χ2n) is 10.8. The summed E-state index contributed by atoms with van der Waals surface area (Å²) in [6.45, 7) is 17.5. The average molecular weight is 658 g/mol. The van der Waals surface area contributed by atoms with Gasteiger partial charge in [0.05, 0.1) is 23.7 Å². The number of carbonyl (C=O) groups excluding carboxylic acids is 3. The quantitative estimate of drug-likeness (QED) is 0.0733. The lowest BCUT2D eigenvalue weighted by Crippen LogP contribution is -2.26. The number of amides is 2. The second-order valence-corrected chi connectivity index (χ2v) is 11.3. The van der Waals surface area contributed by atoms with Gasteiger partial charge in [0.15, 0.2) is 0 Å². The first-order valence-corrected chi connectivity index (χ1v) is 15.6. The third kappa shape index (κ3) is 11.4. The Morgan fingerprint density at radius 2 is 1.77 bits per heavy atom. The van der Waals surface area contributed by atoms with Crippen molar-refractivity contribution in [2.24, 2.45) is 5.41 Å². The molecule has 1 heterocycles. The number of esters is 1. The maximum atomic E-state index is 13.1. The number of ether oxygens (including phenoxy) is 2. The van der Waals surface area contributed by atoms with Crippen molar-refractivity contribution < 1.29 is 23.9 Å².